The van der Waals surface area contributed by atoms with Gasteiger partial charge in [-0.3, -0.25) is 4.79 Å². The van der Waals surface area contributed by atoms with Crippen molar-refractivity contribution in [1.29, 1.82) is 0 Å². The third-order valence-electron chi connectivity index (χ3n) is 5.94. The SMILES string of the molecule is CC(C)(C)OC(=O)NCc1cccc(CC=O)c1.CN/C(N)=C/C=C(\N)CCCCc1nnc(NC(=O)Cc2ccccc2)s1. The average Bonchev–Trinajstić information content (AvgIpc) is 3.44. The Hall–Kier alpha value is -4.71. The van der Waals surface area contributed by atoms with Crippen LogP contribution in [0.3, 0.4) is 0 Å². The molecule has 3 aromatic rings. The minimum atomic E-state index is -0.497. The largest absolute Gasteiger partial charge is 0.444 e. The summed E-state index contributed by atoms with van der Waals surface area (Å²) in [6.45, 7) is 5.84. The lowest BCUT2D eigenvalue weighted by Crippen LogP contribution is -2.32. The molecule has 0 aliphatic carbocycles. The average molecular weight is 636 g/mol. The maximum atomic E-state index is 12.0. The van der Waals surface area contributed by atoms with Crippen LogP contribution in [0.1, 0.15) is 61.7 Å². The molecule has 11 nitrogen and oxygen atoms in total. The van der Waals surface area contributed by atoms with Crippen LogP contribution in [0.15, 0.2) is 78.3 Å². The fourth-order valence-electron chi connectivity index (χ4n) is 3.77. The summed E-state index contributed by atoms with van der Waals surface area (Å²) in [5, 5.41) is 17.9. The fourth-order valence-corrected chi connectivity index (χ4v) is 4.57. The molecule has 0 bridgehead atoms. The van der Waals surface area contributed by atoms with Gasteiger partial charge in [0.2, 0.25) is 11.0 Å². The van der Waals surface area contributed by atoms with Crippen molar-refractivity contribution in [2.24, 2.45) is 11.5 Å². The highest BCUT2D eigenvalue weighted by Crippen LogP contribution is 2.18. The Morgan fingerprint density at radius 2 is 1.67 bits per heavy atom. The van der Waals surface area contributed by atoms with E-state index in [2.05, 4.69) is 26.1 Å². The molecule has 7 N–H and O–H groups in total. The van der Waals surface area contributed by atoms with Crippen molar-refractivity contribution in [1.82, 2.24) is 20.8 Å². The highest BCUT2D eigenvalue weighted by atomic mass is 32.1. The highest BCUT2D eigenvalue weighted by molar-refractivity contribution is 7.15. The summed E-state index contributed by atoms with van der Waals surface area (Å²) in [6, 6.07) is 17.1. The third-order valence-corrected chi connectivity index (χ3v) is 6.84. The number of benzene rings is 2. The molecule has 45 heavy (non-hydrogen) atoms. The van der Waals surface area contributed by atoms with Crippen molar-refractivity contribution in [3.63, 3.8) is 0 Å². The Balaban J connectivity index is 0.000000341. The Kier molecular flexibility index (Phi) is 15.8. The van der Waals surface area contributed by atoms with Crippen molar-refractivity contribution in [3.8, 4) is 0 Å². The van der Waals surface area contributed by atoms with Gasteiger partial charge in [0, 0.05) is 32.1 Å². The van der Waals surface area contributed by atoms with Crippen LogP contribution in [0.25, 0.3) is 0 Å². The molecule has 1 heterocycles. The van der Waals surface area contributed by atoms with Crippen LogP contribution in [-0.4, -0.2) is 41.1 Å². The topological polar surface area (TPSA) is 174 Å². The van der Waals surface area contributed by atoms with Gasteiger partial charge >= 0.3 is 6.09 Å². The molecule has 0 spiro atoms. The van der Waals surface area contributed by atoms with Crippen molar-refractivity contribution >= 4 is 34.8 Å². The van der Waals surface area contributed by atoms with Crippen LogP contribution >= 0.6 is 11.3 Å². The third kappa shape index (κ3) is 16.6. The van der Waals surface area contributed by atoms with Gasteiger partial charge in [0.15, 0.2) is 0 Å². The highest BCUT2D eigenvalue weighted by Gasteiger charge is 2.15. The number of carbonyl (C=O) groups is 3. The first-order valence-corrected chi connectivity index (χ1v) is 15.5. The zero-order chi connectivity index (χ0) is 33.1. The first kappa shape index (κ1) is 36.5. The number of carbonyl (C=O) groups excluding carboxylic acids is 3. The van der Waals surface area contributed by atoms with Gasteiger partial charge in [-0.05, 0) is 68.9 Å². The zero-order valence-corrected chi connectivity index (χ0v) is 27.3. The number of unbranched alkanes of at least 4 members (excludes halogenated alkanes) is 1. The van der Waals surface area contributed by atoms with Crippen molar-refractivity contribution in [3.05, 3.63) is 100.0 Å². The smallest absolute Gasteiger partial charge is 0.407 e. The summed E-state index contributed by atoms with van der Waals surface area (Å²) in [5.41, 5.74) is 14.7. The molecule has 0 aliphatic rings. The Labute approximate surface area is 269 Å². The summed E-state index contributed by atoms with van der Waals surface area (Å²) >= 11 is 1.41. The lowest BCUT2D eigenvalue weighted by molar-refractivity contribution is -0.115. The molecule has 0 saturated heterocycles. The number of alkyl carbamates (subject to hydrolysis) is 1. The van der Waals surface area contributed by atoms with Crippen LogP contribution < -0.4 is 27.4 Å². The number of amides is 2. The molecular weight excluding hydrogens is 590 g/mol. The molecule has 0 fully saturated rings. The Bertz CT molecular complexity index is 1420. The van der Waals surface area contributed by atoms with E-state index in [9.17, 15) is 14.4 Å². The number of rotatable bonds is 14. The molecule has 0 atom stereocenters. The van der Waals surface area contributed by atoms with Crippen molar-refractivity contribution < 1.29 is 19.1 Å². The van der Waals surface area contributed by atoms with E-state index in [1.54, 1.807) is 13.1 Å². The number of aryl methyl sites for hydroxylation is 1. The van der Waals surface area contributed by atoms with Crippen LogP contribution in [0.4, 0.5) is 9.93 Å². The number of nitrogens with one attached hydrogen (secondary N) is 3. The monoisotopic (exact) mass is 635 g/mol. The maximum absolute atomic E-state index is 12.0. The number of nitrogens with two attached hydrogens (primary N) is 2. The molecule has 0 aliphatic heterocycles. The fraction of sp³-hybridized carbons (Fsp3) is 0.364. The van der Waals surface area contributed by atoms with E-state index < -0.39 is 11.7 Å². The number of ether oxygens (including phenoxy) is 1. The van der Waals surface area contributed by atoms with Gasteiger partial charge in [-0.1, -0.05) is 65.9 Å². The predicted octanol–water partition coefficient (Wildman–Crippen LogP) is 4.75. The van der Waals surface area contributed by atoms with E-state index in [4.69, 9.17) is 16.2 Å². The minimum absolute atomic E-state index is 0.0873. The number of aromatic nitrogens is 2. The second-order valence-corrected chi connectivity index (χ2v) is 12.1. The number of anilines is 1. The van der Waals surface area contributed by atoms with E-state index >= 15 is 0 Å². The van der Waals surface area contributed by atoms with E-state index in [0.717, 1.165) is 59.4 Å². The molecule has 2 amide bonds. The number of allylic oxidation sites excluding steroid dienone is 3. The van der Waals surface area contributed by atoms with Gasteiger partial charge in [0.25, 0.3) is 0 Å². The molecule has 3 rings (SSSR count). The van der Waals surface area contributed by atoms with Gasteiger partial charge in [-0.2, -0.15) is 0 Å². The molecule has 1 aromatic heterocycles. The van der Waals surface area contributed by atoms with Gasteiger partial charge in [0.1, 0.15) is 16.9 Å². The zero-order valence-electron chi connectivity index (χ0n) is 26.5. The van der Waals surface area contributed by atoms with Crippen molar-refractivity contribution in [2.75, 3.05) is 12.4 Å². The Morgan fingerprint density at radius 1 is 0.956 bits per heavy atom. The molecule has 0 unspecified atom stereocenters. The lowest BCUT2D eigenvalue weighted by Gasteiger charge is -2.19. The molecule has 2 aromatic carbocycles. The summed E-state index contributed by atoms with van der Waals surface area (Å²) in [6.07, 6.45) is 8.22. The lowest BCUT2D eigenvalue weighted by atomic mass is 10.1. The minimum Gasteiger partial charge on any atom is -0.444 e. The summed E-state index contributed by atoms with van der Waals surface area (Å²) in [4.78, 5) is 33.9. The van der Waals surface area contributed by atoms with Crippen molar-refractivity contribution in [2.45, 2.75) is 71.4 Å². The van der Waals surface area contributed by atoms with E-state index in [1.807, 2.05) is 81.4 Å². The first-order chi connectivity index (χ1) is 21.5. The summed E-state index contributed by atoms with van der Waals surface area (Å²) < 4.78 is 5.13. The van der Waals surface area contributed by atoms with Gasteiger partial charge in [0.05, 0.1) is 12.2 Å². The van der Waals surface area contributed by atoms with Gasteiger partial charge in [-0.15, -0.1) is 10.2 Å². The van der Waals surface area contributed by atoms with Crippen LogP contribution in [0.2, 0.25) is 0 Å². The quantitative estimate of drug-likeness (QED) is 0.0951. The molecular formula is C33H45N7O4S. The first-order valence-electron chi connectivity index (χ1n) is 14.7. The second-order valence-electron chi connectivity index (χ2n) is 11.1. The Morgan fingerprint density at radius 3 is 2.36 bits per heavy atom. The van der Waals surface area contributed by atoms with Gasteiger partial charge < -0.3 is 36.9 Å². The molecule has 0 radical (unpaired) electrons. The number of hydrogen-bond donors (Lipinski definition) is 5. The molecule has 0 saturated carbocycles. The summed E-state index contributed by atoms with van der Waals surface area (Å²) in [7, 11) is 1.76. The van der Waals surface area contributed by atoms with Crippen LogP contribution in [-0.2, 0) is 40.1 Å². The van der Waals surface area contributed by atoms with E-state index in [1.165, 1.54) is 11.3 Å². The van der Waals surface area contributed by atoms with Crippen LogP contribution in [0.5, 0.6) is 0 Å². The van der Waals surface area contributed by atoms with E-state index in [0.29, 0.717) is 30.3 Å². The normalized spacial score (nSPS) is 11.6. The predicted molar refractivity (Wildman–Crippen MR) is 179 cm³/mol. The van der Waals surface area contributed by atoms with Crippen LogP contribution in [0, 0.1) is 0 Å². The van der Waals surface area contributed by atoms with Gasteiger partial charge in [-0.25, -0.2) is 4.79 Å². The van der Waals surface area contributed by atoms with E-state index in [-0.39, 0.29) is 5.91 Å². The summed E-state index contributed by atoms with van der Waals surface area (Å²) in [5.74, 6) is 0.490. The number of nitrogens with zero attached hydrogens (tertiary/aromatic N) is 2. The number of aldehydes is 1. The number of hydrogen-bond acceptors (Lipinski definition) is 10. The molecule has 12 heteroatoms. The standard InChI is InChI=1S/C19H26N6OS.C14H19NO3/c1-22-16(21)12-11-15(20)9-5-6-10-18-24-25-19(27-18)23-17(26)13-14-7-3-2-4-8-14;1-14(2,3)18-13(17)15-10-12-6-4-5-11(9-12)7-8-16/h2-4,7-8,11-12,22H,5-6,9-10,13,20-21H2,1H3,(H,23,25,26);4-6,8-9H,7,10H2,1-3H3,(H,15,17)/b15-11-,16-12+;. The molecule has 242 valence electrons. The maximum Gasteiger partial charge on any atom is 0.407 e. The second kappa shape index (κ2) is 19.5.